The molecule has 20 heavy (non-hydrogen) atoms. The van der Waals surface area contributed by atoms with Crippen LogP contribution in [0.5, 0.6) is 0 Å². The van der Waals surface area contributed by atoms with E-state index in [0.717, 1.165) is 24.0 Å². The molecule has 110 valence electrons. The Labute approximate surface area is 127 Å². The molecule has 1 saturated carbocycles. The molecule has 3 heteroatoms. The Morgan fingerprint density at radius 2 is 2.20 bits per heavy atom. The Morgan fingerprint density at radius 3 is 2.90 bits per heavy atom. The van der Waals surface area contributed by atoms with Gasteiger partial charge in [-0.15, -0.1) is 0 Å². The predicted molar refractivity (Wildman–Crippen MR) is 85.2 cm³/mol. The fourth-order valence-electron chi connectivity index (χ4n) is 3.51. The van der Waals surface area contributed by atoms with Crippen LogP contribution in [0.3, 0.4) is 0 Å². The quantitative estimate of drug-likeness (QED) is 0.910. The zero-order chi connectivity index (χ0) is 14.2. The van der Waals surface area contributed by atoms with Crippen molar-refractivity contribution in [3.8, 4) is 0 Å². The molecule has 1 aliphatic heterocycles. The first kappa shape index (κ1) is 14.4. The summed E-state index contributed by atoms with van der Waals surface area (Å²) in [6, 6.07) is 8.76. The molecule has 2 aliphatic rings. The van der Waals surface area contributed by atoms with Gasteiger partial charge in [0.05, 0.1) is 0 Å². The number of nitrogens with one attached hydrogen (secondary N) is 1. The van der Waals surface area contributed by atoms with Gasteiger partial charge < -0.3 is 5.32 Å². The summed E-state index contributed by atoms with van der Waals surface area (Å²) in [5.74, 6) is 0.870. The minimum Gasteiger partial charge on any atom is -0.310 e. The van der Waals surface area contributed by atoms with Gasteiger partial charge in [0.2, 0.25) is 0 Å². The number of benzene rings is 1. The van der Waals surface area contributed by atoms with Gasteiger partial charge in [-0.1, -0.05) is 23.7 Å². The third-order valence-electron chi connectivity index (χ3n) is 5.04. The van der Waals surface area contributed by atoms with Crippen LogP contribution in [0.25, 0.3) is 0 Å². The van der Waals surface area contributed by atoms with E-state index in [0.29, 0.717) is 11.6 Å². The van der Waals surface area contributed by atoms with E-state index >= 15 is 0 Å². The van der Waals surface area contributed by atoms with Gasteiger partial charge in [-0.05, 0) is 63.3 Å². The van der Waals surface area contributed by atoms with E-state index in [1.54, 1.807) is 0 Å². The van der Waals surface area contributed by atoms with Gasteiger partial charge in [0.15, 0.2) is 0 Å². The molecule has 2 fully saturated rings. The van der Waals surface area contributed by atoms with Crippen LogP contribution in [0.15, 0.2) is 24.3 Å². The molecule has 3 rings (SSSR count). The van der Waals surface area contributed by atoms with Crippen molar-refractivity contribution in [3.05, 3.63) is 34.9 Å². The van der Waals surface area contributed by atoms with Crippen molar-refractivity contribution in [2.45, 2.75) is 44.7 Å². The summed E-state index contributed by atoms with van der Waals surface area (Å²) in [4.78, 5) is 2.63. The molecule has 2 nitrogen and oxygen atoms in total. The van der Waals surface area contributed by atoms with Crippen molar-refractivity contribution < 1.29 is 0 Å². The number of hydrogen-bond acceptors (Lipinski definition) is 2. The Bertz CT molecular complexity index is 472. The Hall–Kier alpha value is -0.570. The summed E-state index contributed by atoms with van der Waals surface area (Å²) < 4.78 is 0. The maximum Gasteiger partial charge on any atom is 0.0409 e. The van der Waals surface area contributed by atoms with Crippen LogP contribution in [0, 0.1) is 5.92 Å². The number of hydrogen-bond donors (Lipinski definition) is 1. The summed E-state index contributed by atoms with van der Waals surface area (Å²) in [5, 5.41) is 4.64. The first-order valence-electron chi connectivity index (χ1n) is 7.83. The lowest BCUT2D eigenvalue weighted by molar-refractivity contribution is 0.160. The zero-order valence-electron chi connectivity index (χ0n) is 12.5. The molecule has 1 saturated heterocycles. The summed E-state index contributed by atoms with van der Waals surface area (Å²) >= 11 is 6.15. The van der Waals surface area contributed by atoms with Crippen molar-refractivity contribution >= 4 is 11.6 Å². The van der Waals surface area contributed by atoms with Gasteiger partial charge in [0.25, 0.3) is 0 Å². The molecule has 2 unspecified atom stereocenters. The maximum absolute atomic E-state index is 6.15. The van der Waals surface area contributed by atoms with Crippen LogP contribution in [-0.4, -0.2) is 30.1 Å². The van der Waals surface area contributed by atoms with Gasteiger partial charge >= 0.3 is 0 Å². The summed E-state index contributed by atoms with van der Waals surface area (Å²) in [6.45, 7) is 8.18. The lowest BCUT2D eigenvalue weighted by Gasteiger charge is -2.37. The van der Waals surface area contributed by atoms with Gasteiger partial charge in [-0.3, -0.25) is 4.90 Å². The van der Waals surface area contributed by atoms with Crippen LogP contribution >= 0.6 is 11.6 Å². The second-order valence-corrected chi connectivity index (χ2v) is 7.11. The topological polar surface area (TPSA) is 15.3 Å². The van der Waals surface area contributed by atoms with E-state index < -0.39 is 0 Å². The number of nitrogens with zero attached hydrogens (tertiary/aromatic N) is 1. The van der Waals surface area contributed by atoms with Crippen LogP contribution in [0.2, 0.25) is 5.02 Å². The minimum atomic E-state index is 0.295. The van der Waals surface area contributed by atoms with Crippen LogP contribution in [0.4, 0.5) is 0 Å². The Balaban J connectivity index is 1.77. The van der Waals surface area contributed by atoms with E-state index in [2.05, 4.69) is 42.3 Å². The lowest BCUT2D eigenvalue weighted by atomic mass is 9.94. The zero-order valence-corrected chi connectivity index (χ0v) is 13.3. The Morgan fingerprint density at radius 1 is 1.40 bits per heavy atom. The molecule has 0 radical (unpaired) electrons. The second kappa shape index (κ2) is 5.67. The molecule has 0 amide bonds. The van der Waals surface area contributed by atoms with Gasteiger partial charge in [0, 0.05) is 29.7 Å². The highest BCUT2D eigenvalue weighted by molar-refractivity contribution is 6.30. The highest BCUT2D eigenvalue weighted by Gasteiger charge is 2.43. The fraction of sp³-hybridized carbons (Fsp3) is 0.647. The SMILES string of the molecule is CC(c1cccc(Cl)c1)N1CCCNC(C)(C2CC2)C1. The van der Waals surface area contributed by atoms with Crippen molar-refractivity contribution in [1.82, 2.24) is 10.2 Å². The molecule has 0 aromatic heterocycles. The first-order chi connectivity index (χ1) is 9.58. The molecule has 1 N–H and O–H groups in total. The predicted octanol–water partition coefficient (Wildman–Crippen LogP) is 3.87. The van der Waals surface area contributed by atoms with E-state index in [1.165, 1.54) is 31.4 Å². The highest BCUT2D eigenvalue weighted by atomic mass is 35.5. The number of rotatable bonds is 3. The molecule has 1 aliphatic carbocycles. The van der Waals surface area contributed by atoms with Crippen molar-refractivity contribution in [2.24, 2.45) is 5.92 Å². The molecule has 1 heterocycles. The van der Waals surface area contributed by atoms with Gasteiger partial charge in [-0.25, -0.2) is 0 Å². The second-order valence-electron chi connectivity index (χ2n) is 6.67. The lowest BCUT2D eigenvalue weighted by Crippen LogP contribution is -2.51. The average Bonchev–Trinajstić information content (AvgIpc) is 3.25. The normalized spacial score (nSPS) is 29.9. The third kappa shape index (κ3) is 3.03. The van der Waals surface area contributed by atoms with Crippen molar-refractivity contribution in [3.63, 3.8) is 0 Å². The number of halogens is 1. The smallest absolute Gasteiger partial charge is 0.0409 e. The van der Waals surface area contributed by atoms with Crippen LogP contribution in [0.1, 0.15) is 44.7 Å². The van der Waals surface area contributed by atoms with Crippen LogP contribution < -0.4 is 5.32 Å². The van der Waals surface area contributed by atoms with E-state index in [-0.39, 0.29) is 0 Å². The minimum absolute atomic E-state index is 0.295. The molecule has 0 bridgehead atoms. The highest BCUT2D eigenvalue weighted by Crippen LogP contribution is 2.41. The van der Waals surface area contributed by atoms with E-state index in [4.69, 9.17) is 11.6 Å². The van der Waals surface area contributed by atoms with E-state index in [9.17, 15) is 0 Å². The standard InChI is InChI=1S/C17H25ClN2/c1-13(14-5-3-6-16(18)11-14)20-10-4-9-19-17(2,12-20)15-7-8-15/h3,5-6,11,13,15,19H,4,7-10,12H2,1-2H3. The largest absolute Gasteiger partial charge is 0.310 e. The molecule has 0 spiro atoms. The molecule has 1 aromatic rings. The first-order valence-corrected chi connectivity index (χ1v) is 8.21. The monoisotopic (exact) mass is 292 g/mol. The van der Waals surface area contributed by atoms with Gasteiger partial charge in [0.1, 0.15) is 0 Å². The Kier molecular flexibility index (Phi) is 4.07. The summed E-state index contributed by atoms with van der Waals surface area (Å²) in [5.41, 5.74) is 1.63. The fourth-order valence-corrected chi connectivity index (χ4v) is 3.71. The third-order valence-corrected chi connectivity index (χ3v) is 5.27. The average molecular weight is 293 g/mol. The maximum atomic E-state index is 6.15. The molecular weight excluding hydrogens is 268 g/mol. The van der Waals surface area contributed by atoms with E-state index in [1.807, 2.05) is 6.07 Å². The summed E-state index contributed by atoms with van der Waals surface area (Å²) in [6.07, 6.45) is 4.01. The summed E-state index contributed by atoms with van der Waals surface area (Å²) in [7, 11) is 0. The van der Waals surface area contributed by atoms with Crippen molar-refractivity contribution in [2.75, 3.05) is 19.6 Å². The molecule has 1 aromatic carbocycles. The molecule has 2 atom stereocenters. The van der Waals surface area contributed by atoms with Crippen molar-refractivity contribution in [1.29, 1.82) is 0 Å². The van der Waals surface area contributed by atoms with Gasteiger partial charge in [-0.2, -0.15) is 0 Å². The van der Waals surface area contributed by atoms with Crippen LogP contribution in [-0.2, 0) is 0 Å². The molecular formula is C17H25ClN2.